The first-order chi connectivity index (χ1) is 42.3. The molecule has 9 rings (SSSR count). The van der Waals surface area contributed by atoms with E-state index in [0.717, 1.165) is 84.0 Å². The molecule has 0 aliphatic heterocycles. The molecular weight excluding hydrogens is 1140 g/mol. The van der Waals surface area contributed by atoms with Gasteiger partial charge in [0.25, 0.3) is 0 Å². The first kappa shape index (κ1) is 67.6. The number of aromatic hydroxyl groups is 3. The van der Waals surface area contributed by atoms with E-state index in [4.69, 9.17) is 13.6 Å². The lowest BCUT2D eigenvalue weighted by atomic mass is 9.74. The fourth-order valence-electron chi connectivity index (χ4n) is 13.5. The van der Waals surface area contributed by atoms with E-state index in [-0.39, 0.29) is 32.5 Å². The molecule has 0 amide bonds. The van der Waals surface area contributed by atoms with E-state index in [1.54, 1.807) is 0 Å². The molecule has 0 fully saturated rings. The zero-order chi connectivity index (χ0) is 67.0. The van der Waals surface area contributed by atoms with Crippen LogP contribution < -0.4 is 13.6 Å². The molecule has 0 aromatic heterocycles. The van der Waals surface area contributed by atoms with Crippen molar-refractivity contribution in [2.75, 3.05) is 0 Å². The molecular formula is C84H99O6P. The summed E-state index contributed by atoms with van der Waals surface area (Å²) >= 11 is 0. The Bertz CT molecular complexity index is 3660. The topological polar surface area (TPSA) is 88.4 Å². The van der Waals surface area contributed by atoms with Crippen molar-refractivity contribution < 1.29 is 28.9 Å². The number of phenolic OH excluding ortho intramolecular Hbond substituents is 3. The Morgan fingerprint density at radius 2 is 0.330 bits per heavy atom. The van der Waals surface area contributed by atoms with Crippen LogP contribution >= 0.6 is 8.60 Å². The van der Waals surface area contributed by atoms with Crippen LogP contribution in [0.15, 0.2) is 146 Å². The smallest absolute Gasteiger partial charge is 0.507 e. The molecule has 0 saturated carbocycles. The minimum atomic E-state index is -2.09. The van der Waals surface area contributed by atoms with Crippen molar-refractivity contribution in [1.82, 2.24) is 0 Å². The molecule has 6 nitrogen and oxygen atoms in total. The third-order valence-electron chi connectivity index (χ3n) is 20.7. The van der Waals surface area contributed by atoms with Crippen LogP contribution in [0, 0.1) is 83.1 Å². The van der Waals surface area contributed by atoms with Gasteiger partial charge in [0.2, 0.25) is 0 Å². The van der Waals surface area contributed by atoms with E-state index in [2.05, 4.69) is 270 Å². The molecule has 0 saturated heterocycles. The van der Waals surface area contributed by atoms with Crippen LogP contribution in [0.4, 0.5) is 0 Å². The number of benzene rings is 9. The zero-order valence-electron chi connectivity index (χ0n) is 58.9. The lowest BCUT2D eigenvalue weighted by molar-refractivity contribution is 0.381. The molecule has 0 aliphatic rings. The molecule has 476 valence electrons. The minimum absolute atomic E-state index is 0.270. The Kier molecular flexibility index (Phi) is 18.3. The zero-order valence-corrected chi connectivity index (χ0v) is 59.8. The van der Waals surface area contributed by atoms with Crippen LogP contribution in [0.25, 0.3) is 0 Å². The number of hydrogen-bond donors (Lipinski definition) is 3. The number of phenols is 3. The fourth-order valence-corrected chi connectivity index (χ4v) is 14.9. The van der Waals surface area contributed by atoms with Gasteiger partial charge < -0.3 is 28.9 Å². The SMILES string of the molecule is Cc1cc(C(C)(C)c2ccc(C(C)(C)c3cc(C)c(OP(Oc4c(C)cc(C(C)(C)c5ccc(C(C)(C)c6cc(C)c(O)c(C)c6)cc5)cc4C)Oc4c(C)cc(C(C)(C)c5ccc(C(C)(C)c6cc(C)c(O)c(C)c6)cc5)cc4C)c(C)c3)cc2)cc(C)c1O. The summed E-state index contributed by atoms with van der Waals surface area (Å²) in [5.74, 6) is 3.26. The summed E-state index contributed by atoms with van der Waals surface area (Å²) in [7, 11) is -2.09. The normalized spacial score (nSPS) is 12.6. The molecule has 0 heterocycles. The van der Waals surface area contributed by atoms with Gasteiger partial charge in [-0.3, -0.25) is 0 Å². The Hall–Kier alpha value is -7.79. The van der Waals surface area contributed by atoms with Crippen LogP contribution in [0.2, 0.25) is 0 Å². The van der Waals surface area contributed by atoms with Crippen molar-refractivity contribution in [3.8, 4) is 34.5 Å². The molecule has 91 heavy (non-hydrogen) atoms. The standard InChI is InChI=1S/C84H99O6P/c1-49-37-67(38-50(2)73(49)85)79(13,14)61-25-31-64(32-26-61)82(19,20)70-43-55(7)76(56(8)44-70)88-91(89-77-57(9)45-71(46-58(77)10)83(21,22)65-33-27-62(28-34-65)80(15,16)68-39-51(3)74(86)52(4)40-68)90-78-59(11)47-72(48-60(78)12)84(23,24)66-35-29-63(30-36-66)81(17,18)69-41-53(5)75(87)54(6)42-69/h25-48,85-87H,1-24H3. The van der Waals surface area contributed by atoms with E-state index in [9.17, 15) is 15.3 Å². The third-order valence-corrected chi connectivity index (χ3v) is 21.7. The highest BCUT2D eigenvalue weighted by Crippen LogP contribution is 2.51. The van der Waals surface area contributed by atoms with Gasteiger partial charge in [-0.2, -0.15) is 0 Å². The van der Waals surface area contributed by atoms with Gasteiger partial charge in [-0.05, 0) is 217 Å². The summed E-state index contributed by atoms with van der Waals surface area (Å²) in [6.07, 6.45) is 0. The minimum Gasteiger partial charge on any atom is -0.507 e. The predicted octanol–water partition coefficient (Wildman–Crippen LogP) is 22.2. The summed E-state index contributed by atoms with van der Waals surface area (Å²) < 4.78 is 21.6. The van der Waals surface area contributed by atoms with E-state index < -0.39 is 8.60 Å². The lowest BCUT2D eigenvalue weighted by Gasteiger charge is -2.31. The second-order valence-corrected chi connectivity index (χ2v) is 30.7. The molecule has 3 N–H and O–H groups in total. The first-order valence-electron chi connectivity index (χ1n) is 32.2. The van der Waals surface area contributed by atoms with Gasteiger partial charge >= 0.3 is 8.60 Å². The predicted molar refractivity (Wildman–Crippen MR) is 381 cm³/mol. The largest absolute Gasteiger partial charge is 0.530 e. The quantitative estimate of drug-likeness (QED) is 0.0742. The summed E-state index contributed by atoms with van der Waals surface area (Å²) in [5.41, 5.74) is 23.7. The summed E-state index contributed by atoms with van der Waals surface area (Å²) in [4.78, 5) is 0. The van der Waals surface area contributed by atoms with Gasteiger partial charge in [-0.25, -0.2) is 0 Å². The van der Waals surface area contributed by atoms with Gasteiger partial charge in [-0.1, -0.05) is 229 Å². The molecule has 9 aromatic carbocycles. The maximum atomic E-state index is 10.6. The molecule has 0 spiro atoms. The van der Waals surface area contributed by atoms with Gasteiger partial charge in [0.1, 0.15) is 34.5 Å². The van der Waals surface area contributed by atoms with Crippen molar-refractivity contribution >= 4 is 8.60 Å². The van der Waals surface area contributed by atoms with Crippen LogP contribution in [-0.4, -0.2) is 15.3 Å². The number of hydrogen-bond acceptors (Lipinski definition) is 6. The highest BCUT2D eigenvalue weighted by molar-refractivity contribution is 7.43. The Morgan fingerprint density at radius 3 is 0.462 bits per heavy atom. The molecule has 0 radical (unpaired) electrons. The molecule has 0 aliphatic carbocycles. The summed E-state index contributed by atoms with van der Waals surface area (Å²) in [6, 6.07) is 53.2. The summed E-state index contributed by atoms with van der Waals surface area (Å²) in [6.45, 7) is 51.7. The maximum Gasteiger partial charge on any atom is 0.530 e. The maximum absolute atomic E-state index is 10.6. The summed E-state index contributed by atoms with van der Waals surface area (Å²) in [5, 5.41) is 31.7. The molecule has 7 heteroatoms. The second-order valence-electron chi connectivity index (χ2n) is 29.7. The van der Waals surface area contributed by atoms with Crippen LogP contribution in [0.3, 0.4) is 0 Å². The molecule has 0 unspecified atom stereocenters. The third kappa shape index (κ3) is 12.9. The highest BCUT2D eigenvalue weighted by Gasteiger charge is 2.35. The molecule has 0 atom stereocenters. The van der Waals surface area contributed by atoms with Crippen molar-refractivity contribution in [1.29, 1.82) is 0 Å². The van der Waals surface area contributed by atoms with Crippen LogP contribution in [0.1, 0.15) is 217 Å². The van der Waals surface area contributed by atoms with Gasteiger partial charge in [0.15, 0.2) is 0 Å². The van der Waals surface area contributed by atoms with Gasteiger partial charge in [-0.15, -0.1) is 0 Å². The van der Waals surface area contributed by atoms with Crippen molar-refractivity contribution in [2.24, 2.45) is 0 Å². The van der Waals surface area contributed by atoms with Crippen molar-refractivity contribution in [3.05, 3.63) is 279 Å². The Labute approximate surface area is 546 Å². The Morgan fingerprint density at radius 1 is 0.209 bits per heavy atom. The second kappa shape index (κ2) is 24.7. The monoisotopic (exact) mass is 1230 g/mol. The Balaban J connectivity index is 1.03. The van der Waals surface area contributed by atoms with Crippen molar-refractivity contribution in [2.45, 2.75) is 199 Å². The van der Waals surface area contributed by atoms with Crippen LogP contribution in [0.5, 0.6) is 34.5 Å². The average Bonchev–Trinajstić information content (AvgIpc) is 0.908. The van der Waals surface area contributed by atoms with Crippen LogP contribution in [-0.2, 0) is 32.5 Å². The number of aryl methyl sites for hydroxylation is 12. The van der Waals surface area contributed by atoms with E-state index in [0.29, 0.717) is 17.2 Å². The fraction of sp³-hybridized carbons (Fsp3) is 0.357. The van der Waals surface area contributed by atoms with E-state index in [1.165, 1.54) is 66.8 Å². The van der Waals surface area contributed by atoms with Gasteiger partial charge in [0.05, 0.1) is 0 Å². The van der Waals surface area contributed by atoms with E-state index >= 15 is 0 Å². The lowest BCUT2D eigenvalue weighted by Crippen LogP contribution is -2.22. The van der Waals surface area contributed by atoms with Crippen molar-refractivity contribution in [3.63, 3.8) is 0 Å². The number of rotatable bonds is 18. The highest BCUT2D eigenvalue weighted by atomic mass is 31.2. The average molecular weight is 1240 g/mol. The molecule has 0 bridgehead atoms. The van der Waals surface area contributed by atoms with Gasteiger partial charge in [0, 0.05) is 32.5 Å². The first-order valence-corrected chi connectivity index (χ1v) is 33.3. The van der Waals surface area contributed by atoms with E-state index in [1.807, 2.05) is 41.5 Å². The molecule has 9 aromatic rings.